The zero-order chi connectivity index (χ0) is 16.1. The van der Waals surface area contributed by atoms with Gasteiger partial charge in [-0.2, -0.15) is 0 Å². The van der Waals surface area contributed by atoms with E-state index in [-0.39, 0.29) is 5.91 Å². The van der Waals surface area contributed by atoms with Gasteiger partial charge in [0.05, 0.1) is 0 Å². The summed E-state index contributed by atoms with van der Waals surface area (Å²) in [5.41, 5.74) is 8.59. The van der Waals surface area contributed by atoms with Gasteiger partial charge in [-0.05, 0) is 30.7 Å². The minimum Gasteiger partial charge on any atom is -0.398 e. The maximum Gasteiger partial charge on any atom is 0.251 e. The number of hydrogen-bond acceptors (Lipinski definition) is 4. The van der Waals surface area contributed by atoms with E-state index in [1.54, 1.807) is 6.07 Å². The topological polar surface area (TPSA) is 61.6 Å². The third-order valence-electron chi connectivity index (χ3n) is 4.07. The first kappa shape index (κ1) is 16.8. The summed E-state index contributed by atoms with van der Waals surface area (Å²) in [4.78, 5) is 16.8. The molecule has 5 heteroatoms. The van der Waals surface area contributed by atoms with E-state index < -0.39 is 0 Å². The Bertz CT molecular complexity index is 507. The van der Waals surface area contributed by atoms with Crippen LogP contribution in [-0.4, -0.2) is 55.5 Å². The van der Waals surface area contributed by atoms with Gasteiger partial charge in [-0.15, -0.1) is 0 Å². The molecular formula is C17H28N4O. The summed E-state index contributed by atoms with van der Waals surface area (Å²) in [5.74, 6) is 0.393. The van der Waals surface area contributed by atoms with Crippen LogP contribution in [0.4, 0.5) is 5.69 Å². The van der Waals surface area contributed by atoms with Gasteiger partial charge in [-0.25, -0.2) is 0 Å². The molecule has 1 aromatic rings. The van der Waals surface area contributed by atoms with Crippen molar-refractivity contribution in [2.24, 2.45) is 5.92 Å². The van der Waals surface area contributed by atoms with Crippen molar-refractivity contribution in [1.29, 1.82) is 0 Å². The monoisotopic (exact) mass is 304 g/mol. The lowest BCUT2D eigenvalue weighted by atomic mass is 10.1. The van der Waals surface area contributed by atoms with Gasteiger partial charge in [-0.1, -0.05) is 19.9 Å². The third-order valence-corrected chi connectivity index (χ3v) is 4.07. The van der Waals surface area contributed by atoms with Crippen molar-refractivity contribution in [3.05, 3.63) is 29.3 Å². The Balaban J connectivity index is 1.96. The summed E-state index contributed by atoms with van der Waals surface area (Å²) in [7, 11) is 2.15. The number of nitrogen functional groups attached to an aromatic ring is 1. The van der Waals surface area contributed by atoms with Crippen LogP contribution in [0.25, 0.3) is 0 Å². The quantitative estimate of drug-likeness (QED) is 0.807. The maximum absolute atomic E-state index is 12.1. The molecule has 1 aliphatic rings. The SMILES string of the molecule is CC(C)CNC(=O)c1ccc(CN2CCN(C)CC2)c(N)c1. The molecule has 0 aliphatic carbocycles. The lowest BCUT2D eigenvalue weighted by Crippen LogP contribution is -2.43. The molecule has 1 saturated heterocycles. The molecule has 0 saturated carbocycles. The van der Waals surface area contributed by atoms with Crippen molar-refractivity contribution in [2.75, 3.05) is 45.5 Å². The van der Waals surface area contributed by atoms with Crippen molar-refractivity contribution in [2.45, 2.75) is 20.4 Å². The molecule has 0 aromatic heterocycles. The van der Waals surface area contributed by atoms with E-state index in [9.17, 15) is 4.79 Å². The van der Waals surface area contributed by atoms with Crippen LogP contribution in [0.5, 0.6) is 0 Å². The minimum atomic E-state index is -0.0495. The average molecular weight is 304 g/mol. The van der Waals surface area contributed by atoms with Crippen molar-refractivity contribution < 1.29 is 4.79 Å². The summed E-state index contributed by atoms with van der Waals surface area (Å²) >= 11 is 0. The molecule has 0 unspecified atom stereocenters. The van der Waals surface area contributed by atoms with Crippen molar-refractivity contribution in [3.63, 3.8) is 0 Å². The van der Waals surface area contributed by atoms with Gasteiger partial charge in [0.25, 0.3) is 5.91 Å². The van der Waals surface area contributed by atoms with E-state index in [0.717, 1.165) is 38.3 Å². The molecule has 1 amide bonds. The zero-order valence-corrected chi connectivity index (χ0v) is 13.9. The highest BCUT2D eigenvalue weighted by Crippen LogP contribution is 2.17. The van der Waals surface area contributed by atoms with Crippen LogP contribution in [-0.2, 0) is 6.54 Å². The molecule has 1 heterocycles. The fraction of sp³-hybridized carbons (Fsp3) is 0.588. The fourth-order valence-electron chi connectivity index (χ4n) is 2.53. The number of carbonyl (C=O) groups is 1. The summed E-state index contributed by atoms with van der Waals surface area (Å²) in [6.45, 7) is 10.0. The van der Waals surface area contributed by atoms with Crippen LogP contribution in [0.3, 0.4) is 0 Å². The van der Waals surface area contributed by atoms with Crippen molar-refractivity contribution >= 4 is 11.6 Å². The molecule has 122 valence electrons. The van der Waals surface area contributed by atoms with Crippen LogP contribution in [0, 0.1) is 5.92 Å². The molecule has 22 heavy (non-hydrogen) atoms. The van der Waals surface area contributed by atoms with E-state index in [0.29, 0.717) is 23.7 Å². The summed E-state index contributed by atoms with van der Waals surface area (Å²) in [6.07, 6.45) is 0. The number of likely N-dealkylation sites (N-methyl/N-ethyl adjacent to an activating group) is 1. The van der Waals surface area contributed by atoms with Gasteiger partial charge in [0.15, 0.2) is 0 Å². The fourth-order valence-corrected chi connectivity index (χ4v) is 2.53. The standard InChI is InChI=1S/C17H28N4O/c1-13(2)11-19-17(22)14-4-5-15(16(18)10-14)12-21-8-6-20(3)7-9-21/h4-5,10,13H,6-9,11-12,18H2,1-3H3,(H,19,22). The largest absolute Gasteiger partial charge is 0.398 e. The van der Waals surface area contributed by atoms with Gasteiger partial charge in [0, 0.05) is 50.5 Å². The van der Waals surface area contributed by atoms with Gasteiger partial charge < -0.3 is 16.0 Å². The number of nitrogens with zero attached hydrogens (tertiary/aromatic N) is 2. The Kier molecular flexibility index (Phi) is 5.80. The molecule has 2 rings (SSSR count). The summed E-state index contributed by atoms with van der Waals surface area (Å²) < 4.78 is 0. The van der Waals surface area contributed by atoms with Gasteiger partial charge in [0.1, 0.15) is 0 Å². The number of nitrogens with two attached hydrogens (primary N) is 1. The zero-order valence-electron chi connectivity index (χ0n) is 13.9. The van der Waals surface area contributed by atoms with Crippen LogP contribution in [0.15, 0.2) is 18.2 Å². The Morgan fingerprint density at radius 3 is 2.55 bits per heavy atom. The van der Waals surface area contributed by atoms with E-state index in [2.05, 4.69) is 36.0 Å². The number of rotatable bonds is 5. The lowest BCUT2D eigenvalue weighted by Gasteiger charge is -2.32. The number of benzene rings is 1. The van der Waals surface area contributed by atoms with Crippen LogP contribution < -0.4 is 11.1 Å². The predicted molar refractivity (Wildman–Crippen MR) is 90.8 cm³/mol. The first-order valence-corrected chi connectivity index (χ1v) is 8.03. The molecule has 1 fully saturated rings. The average Bonchev–Trinajstić information content (AvgIpc) is 2.49. The normalized spacial score (nSPS) is 16.9. The first-order valence-electron chi connectivity index (χ1n) is 8.03. The minimum absolute atomic E-state index is 0.0495. The highest BCUT2D eigenvalue weighted by molar-refractivity contribution is 5.95. The number of carbonyl (C=O) groups excluding carboxylic acids is 1. The van der Waals surface area contributed by atoms with Gasteiger partial charge >= 0.3 is 0 Å². The summed E-state index contributed by atoms with van der Waals surface area (Å²) in [6, 6.07) is 5.65. The third kappa shape index (κ3) is 4.71. The molecule has 0 radical (unpaired) electrons. The molecule has 0 spiro atoms. The van der Waals surface area contributed by atoms with Gasteiger partial charge in [0.2, 0.25) is 0 Å². The second-order valence-corrected chi connectivity index (χ2v) is 6.60. The highest BCUT2D eigenvalue weighted by Gasteiger charge is 2.15. The Morgan fingerprint density at radius 2 is 1.95 bits per heavy atom. The Labute approximate surface area is 133 Å². The molecular weight excluding hydrogens is 276 g/mol. The molecule has 1 aromatic carbocycles. The van der Waals surface area contributed by atoms with Gasteiger partial charge in [-0.3, -0.25) is 9.69 Å². The van der Waals surface area contributed by atoms with E-state index in [1.807, 2.05) is 12.1 Å². The van der Waals surface area contributed by atoms with Crippen molar-refractivity contribution in [3.8, 4) is 0 Å². The molecule has 0 bridgehead atoms. The molecule has 3 N–H and O–H groups in total. The summed E-state index contributed by atoms with van der Waals surface area (Å²) in [5, 5.41) is 2.92. The first-order chi connectivity index (χ1) is 10.5. The highest BCUT2D eigenvalue weighted by atomic mass is 16.1. The second-order valence-electron chi connectivity index (χ2n) is 6.60. The number of hydrogen-bond donors (Lipinski definition) is 2. The Hall–Kier alpha value is -1.59. The van der Waals surface area contributed by atoms with Crippen molar-refractivity contribution in [1.82, 2.24) is 15.1 Å². The maximum atomic E-state index is 12.1. The lowest BCUT2D eigenvalue weighted by molar-refractivity contribution is 0.0949. The number of nitrogens with one attached hydrogen (secondary N) is 1. The van der Waals surface area contributed by atoms with Crippen LogP contribution in [0.1, 0.15) is 29.8 Å². The molecule has 0 atom stereocenters. The number of amides is 1. The van der Waals surface area contributed by atoms with Crippen LogP contribution in [0.2, 0.25) is 0 Å². The number of anilines is 1. The molecule has 1 aliphatic heterocycles. The second kappa shape index (κ2) is 7.61. The van der Waals surface area contributed by atoms with E-state index >= 15 is 0 Å². The van der Waals surface area contributed by atoms with Crippen LogP contribution >= 0.6 is 0 Å². The molecule has 5 nitrogen and oxygen atoms in total. The number of piperazine rings is 1. The Morgan fingerprint density at radius 1 is 1.27 bits per heavy atom. The predicted octanol–water partition coefficient (Wildman–Crippen LogP) is 1.40. The van der Waals surface area contributed by atoms with E-state index in [4.69, 9.17) is 5.73 Å². The van der Waals surface area contributed by atoms with E-state index in [1.165, 1.54) is 0 Å². The smallest absolute Gasteiger partial charge is 0.251 e.